The van der Waals surface area contributed by atoms with E-state index in [1.54, 1.807) is 18.2 Å². The molecule has 1 amide bonds. The van der Waals surface area contributed by atoms with E-state index in [9.17, 15) is 22.4 Å². The van der Waals surface area contributed by atoms with Crippen molar-refractivity contribution in [1.82, 2.24) is 0 Å². The molecule has 2 N–H and O–H groups in total. The van der Waals surface area contributed by atoms with Crippen LogP contribution in [-0.2, 0) is 19.6 Å². The predicted octanol–water partition coefficient (Wildman–Crippen LogP) is 4.49. The number of benzene rings is 3. The summed E-state index contributed by atoms with van der Waals surface area (Å²) >= 11 is 3.37. The molecular weight excluding hydrogens is 503 g/mol. The molecular formula is C22H18BrFN2O5S. The highest BCUT2D eigenvalue weighted by atomic mass is 79.9. The molecule has 0 fully saturated rings. The quantitative estimate of drug-likeness (QED) is 0.446. The number of carbonyl (C=O) groups is 2. The second-order valence-electron chi connectivity index (χ2n) is 6.73. The molecule has 0 saturated heterocycles. The second kappa shape index (κ2) is 9.92. The lowest BCUT2D eigenvalue weighted by Gasteiger charge is -2.10. The molecule has 0 bridgehead atoms. The minimum atomic E-state index is -4.03. The van der Waals surface area contributed by atoms with Gasteiger partial charge in [-0.15, -0.1) is 0 Å². The van der Waals surface area contributed by atoms with Gasteiger partial charge in [0.25, 0.3) is 15.9 Å². The number of carbonyl (C=O) groups excluding carboxylic acids is 2. The van der Waals surface area contributed by atoms with Crippen LogP contribution in [-0.4, -0.2) is 26.9 Å². The van der Waals surface area contributed by atoms with E-state index < -0.39 is 34.3 Å². The van der Waals surface area contributed by atoms with Crippen molar-refractivity contribution >= 4 is 49.2 Å². The van der Waals surface area contributed by atoms with E-state index in [-0.39, 0.29) is 16.1 Å². The number of ether oxygens (including phenoxy) is 1. The molecule has 0 saturated carbocycles. The van der Waals surface area contributed by atoms with Gasteiger partial charge >= 0.3 is 5.97 Å². The Bertz CT molecular complexity index is 1260. The molecule has 3 aromatic rings. The molecule has 0 atom stereocenters. The lowest BCUT2D eigenvalue weighted by atomic mass is 10.2. The molecule has 0 aromatic heterocycles. The zero-order valence-electron chi connectivity index (χ0n) is 16.8. The van der Waals surface area contributed by atoms with Gasteiger partial charge in [0.15, 0.2) is 6.61 Å². The average Bonchev–Trinajstić information content (AvgIpc) is 2.76. The first-order valence-electron chi connectivity index (χ1n) is 9.25. The number of halogens is 2. The number of hydrogen-bond donors (Lipinski definition) is 2. The van der Waals surface area contributed by atoms with Crippen LogP contribution in [0.25, 0.3) is 0 Å². The largest absolute Gasteiger partial charge is 0.452 e. The minimum Gasteiger partial charge on any atom is -0.452 e. The fraction of sp³-hybridized carbons (Fsp3) is 0.0909. The molecule has 3 rings (SSSR count). The summed E-state index contributed by atoms with van der Waals surface area (Å²) in [5.74, 6) is -1.90. The maximum atomic E-state index is 13.0. The maximum Gasteiger partial charge on any atom is 0.338 e. The third-order valence-electron chi connectivity index (χ3n) is 4.25. The van der Waals surface area contributed by atoms with Gasteiger partial charge in [-0.05, 0) is 73.2 Å². The fourth-order valence-electron chi connectivity index (χ4n) is 2.66. The van der Waals surface area contributed by atoms with Crippen LogP contribution in [0.2, 0.25) is 0 Å². The Kier molecular flexibility index (Phi) is 7.26. The van der Waals surface area contributed by atoms with Crippen LogP contribution in [0.1, 0.15) is 15.9 Å². The fourth-order valence-corrected chi connectivity index (χ4v) is 4.01. The van der Waals surface area contributed by atoms with E-state index in [1.807, 2.05) is 6.92 Å². The van der Waals surface area contributed by atoms with Crippen LogP contribution in [0.15, 0.2) is 76.1 Å². The Morgan fingerprint density at radius 1 is 1.00 bits per heavy atom. The number of hydrogen-bond acceptors (Lipinski definition) is 5. The summed E-state index contributed by atoms with van der Waals surface area (Å²) in [4.78, 5) is 24.2. The van der Waals surface area contributed by atoms with Gasteiger partial charge in [0, 0.05) is 15.8 Å². The summed E-state index contributed by atoms with van der Waals surface area (Å²) in [6.07, 6.45) is 0. The van der Waals surface area contributed by atoms with Gasteiger partial charge in [-0.3, -0.25) is 9.52 Å². The number of amides is 1. The Labute approximate surface area is 192 Å². The summed E-state index contributed by atoms with van der Waals surface area (Å²) in [5, 5.41) is 2.61. The molecule has 0 aliphatic rings. The number of anilines is 2. The van der Waals surface area contributed by atoms with E-state index in [0.717, 1.165) is 28.2 Å². The highest BCUT2D eigenvalue weighted by Gasteiger charge is 2.18. The SMILES string of the molecule is Cc1cc(NC(=O)COC(=O)c2cccc(S(=O)(=O)Nc3ccc(F)cc3)c2)ccc1Br. The van der Waals surface area contributed by atoms with Crippen LogP contribution in [0, 0.1) is 12.7 Å². The smallest absolute Gasteiger partial charge is 0.338 e. The number of sulfonamides is 1. The third-order valence-corrected chi connectivity index (χ3v) is 6.52. The van der Waals surface area contributed by atoms with Gasteiger partial charge < -0.3 is 10.1 Å². The normalized spacial score (nSPS) is 11.0. The van der Waals surface area contributed by atoms with E-state index >= 15 is 0 Å². The summed E-state index contributed by atoms with van der Waals surface area (Å²) in [7, 11) is -4.03. The molecule has 0 spiro atoms. The van der Waals surface area contributed by atoms with Gasteiger partial charge in [0.1, 0.15) is 5.82 Å². The number of aryl methyl sites for hydroxylation is 1. The summed E-state index contributed by atoms with van der Waals surface area (Å²) in [5.41, 5.74) is 1.59. The van der Waals surface area contributed by atoms with Crippen LogP contribution in [0.5, 0.6) is 0 Å². The van der Waals surface area contributed by atoms with Gasteiger partial charge in [-0.2, -0.15) is 0 Å². The maximum absolute atomic E-state index is 13.0. The van der Waals surface area contributed by atoms with Crippen molar-refractivity contribution in [2.45, 2.75) is 11.8 Å². The number of rotatable bonds is 7. The van der Waals surface area contributed by atoms with E-state index in [2.05, 4.69) is 26.0 Å². The lowest BCUT2D eigenvalue weighted by Crippen LogP contribution is -2.21. The van der Waals surface area contributed by atoms with Crippen molar-refractivity contribution < 1.29 is 27.1 Å². The Morgan fingerprint density at radius 3 is 2.38 bits per heavy atom. The van der Waals surface area contributed by atoms with Gasteiger partial charge in [-0.25, -0.2) is 17.6 Å². The minimum absolute atomic E-state index is 0.0423. The molecule has 166 valence electrons. The third kappa shape index (κ3) is 6.14. The molecule has 0 heterocycles. The highest BCUT2D eigenvalue weighted by molar-refractivity contribution is 9.10. The molecule has 7 nitrogen and oxygen atoms in total. The Hall–Kier alpha value is -3.24. The van der Waals surface area contributed by atoms with Crippen LogP contribution < -0.4 is 10.0 Å². The van der Waals surface area contributed by atoms with E-state index in [0.29, 0.717) is 5.69 Å². The second-order valence-corrected chi connectivity index (χ2v) is 9.27. The zero-order chi connectivity index (χ0) is 23.3. The molecule has 0 aliphatic heterocycles. The van der Waals surface area contributed by atoms with Crippen molar-refractivity contribution in [2.24, 2.45) is 0 Å². The Morgan fingerprint density at radius 2 is 1.69 bits per heavy atom. The zero-order valence-corrected chi connectivity index (χ0v) is 19.2. The topological polar surface area (TPSA) is 102 Å². The summed E-state index contributed by atoms with van der Waals surface area (Å²) < 4.78 is 46.3. The van der Waals surface area contributed by atoms with Crippen LogP contribution in [0.4, 0.5) is 15.8 Å². The van der Waals surface area contributed by atoms with Crippen molar-refractivity contribution in [3.63, 3.8) is 0 Å². The highest BCUT2D eigenvalue weighted by Crippen LogP contribution is 2.20. The number of esters is 1. The summed E-state index contributed by atoms with van der Waals surface area (Å²) in [6, 6.07) is 15.2. The first kappa shape index (κ1) is 23.4. The van der Waals surface area contributed by atoms with Gasteiger partial charge in [0.05, 0.1) is 10.5 Å². The molecule has 0 unspecified atom stereocenters. The predicted molar refractivity (Wildman–Crippen MR) is 121 cm³/mol. The Balaban J connectivity index is 1.63. The molecule has 10 heteroatoms. The standard InChI is InChI=1S/C22H18BrFN2O5S/c1-14-11-18(9-10-20(14)23)25-21(27)13-31-22(28)15-3-2-4-19(12-15)32(29,30)26-17-7-5-16(24)6-8-17/h2-12,26H,13H2,1H3,(H,25,27). The molecule has 32 heavy (non-hydrogen) atoms. The lowest BCUT2D eigenvalue weighted by molar-refractivity contribution is -0.119. The van der Waals surface area contributed by atoms with Crippen LogP contribution >= 0.6 is 15.9 Å². The number of nitrogens with one attached hydrogen (secondary N) is 2. The average molecular weight is 521 g/mol. The first-order valence-corrected chi connectivity index (χ1v) is 11.5. The van der Waals surface area contributed by atoms with Crippen molar-refractivity contribution in [3.05, 3.63) is 88.1 Å². The van der Waals surface area contributed by atoms with Crippen molar-refractivity contribution in [1.29, 1.82) is 0 Å². The molecule has 3 aromatic carbocycles. The van der Waals surface area contributed by atoms with E-state index in [1.165, 1.54) is 30.3 Å². The molecule has 0 aliphatic carbocycles. The van der Waals surface area contributed by atoms with Crippen LogP contribution in [0.3, 0.4) is 0 Å². The molecule has 0 radical (unpaired) electrons. The summed E-state index contributed by atoms with van der Waals surface area (Å²) in [6.45, 7) is 1.32. The van der Waals surface area contributed by atoms with E-state index in [4.69, 9.17) is 4.74 Å². The monoisotopic (exact) mass is 520 g/mol. The first-order chi connectivity index (χ1) is 15.1. The van der Waals surface area contributed by atoms with Crippen molar-refractivity contribution in [3.8, 4) is 0 Å². The van der Waals surface area contributed by atoms with Gasteiger partial charge in [-0.1, -0.05) is 22.0 Å². The van der Waals surface area contributed by atoms with Gasteiger partial charge in [0.2, 0.25) is 0 Å². The van der Waals surface area contributed by atoms with Crippen molar-refractivity contribution in [2.75, 3.05) is 16.6 Å².